The van der Waals surface area contributed by atoms with Crippen LogP contribution in [-0.2, 0) is 0 Å². The highest BCUT2D eigenvalue weighted by atomic mass is 16.6. The molecule has 0 aliphatic heterocycles. The van der Waals surface area contributed by atoms with Gasteiger partial charge in [-0.1, -0.05) is 12.1 Å². The van der Waals surface area contributed by atoms with Crippen molar-refractivity contribution in [2.24, 2.45) is 0 Å². The fraction of sp³-hybridized carbons (Fsp3) is 0.231. The van der Waals surface area contributed by atoms with Gasteiger partial charge in [0.1, 0.15) is 11.4 Å². The molecule has 0 spiro atoms. The molecule has 0 bridgehead atoms. The Hall–Kier alpha value is -2.70. The Morgan fingerprint density at radius 2 is 2.05 bits per heavy atom. The predicted molar refractivity (Wildman–Crippen MR) is 74.4 cm³/mol. The van der Waals surface area contributed by atoms with Crippen molar-refractivity contribution in [1.29, 1.82) is 0 Å². The second kappa shape index (κ2) is 5.52. The Morgan fingerprint density at radius 3 is 2.70 bits per heavy atom. The molecular weight excluding hydrogens is 260 g/mol. The summed E-state index contributed by atoms with van der Waals surface area (Å²) in [5.41, 5.74) is 6.37. The summed E-state index contributed by atoms with van der Waals surface area (Å²) in [7, 11) is 0. The van der Waals surface area contributed by atoms with Gasteiger partial charge in [0, 0.05) is 5.56 Å². The Labute approximate surface area is 115 Å². The average molecular weight is 274 g/mol. The molecule has 0 radical (unpaired) electrons. The summed E-state index contributed by atoms with van der Waals surface area (Å²) >= 11 is 0. The van der Waals surface area contributed by atoms with Gasteiger partial charge in [0.25, 0.3) is 0 Å². The highest BCUT2D eigenvalue weighted by Crippen LogP contribution is 2.36. The molecule has 104 valence electrons. The molecule has 0 amide bonds. The van der Waals surface area contributed by atoms with Gasteiger partial charge in [0.15, 0.2) is 5.69 Å². The van der Waals surface area contributed by atoms with Gasteiger partial charge in [0.05, 0.1) is 11.5 Å². The molecule has 1 aromatic heterocycles. The number of hydrogen-bond acceptors (Lipinski definition) is 6. The molecule has 0 saturated heterocycles. The topological polar surface area (TPSA) is 104 Å². The number of nitro groups is 1. The summed E-state index contributed by atoms with van der Waals surface area (Å²) in [6.07, 6.45) is 0. The molecule has 2 N–H and O–H groups in total. The van der Waals surface area contributed by atoms with Gasteiger partial charge < -0.3 is 10.5 Å². The first-order chi connectivity index (χ1) is 9.54. The average Bonchev–Trinajstić information content (AvgIpc) is 2.38. The smallest absolute Gasteiger partial charge is 0.316 e. The lowest BCUT2D eigenvalue weighted by molar-refractivity contribution is -0.385. The number of benzene rings is 1. The van der Waals surface area contributed by atoms with Crippen LogP contribution in [0.25, 0.3) is 11.3 Å². The lowest BCUT2D eigenvalue weighted by atomic mass is 10.1. The SMILES string of the molecule is CCOc1ccccc1-c1nc(N)nc(C)c1[N+](=O)[O-]. The summed E-state index contributed by atoms with van der Waals surface area (Å²) in [5.74, 6) is 0.519. The molecule has 0 fully saturated rings. The zero-order valence-corrected chi connectivity index (χ0v) is 11.2. The van der Waals surface area contributed by atoms with Crippen LogP contribution in [0.5, 0.6) is 5.75 Å². The second-order valence-corrected chi connectivity index (χ2v) is 4.05. The third-order valence-corrected chi connectivity index (χ3v) is 2.70. The fourth-order valence-corrected chi connectivity index (χ4v) is 1.94. The van der Waals surface area contributed by atoms with E-state index in [9.17, 15) is 10.1 Å². The number of rotatable bonds is 4. The van der Waals surface area contributed by atoms with Crippen molar-refractivity contribution in [2.45, 2.75) is 13.8 Å². The Kier molecular flexibility index (Phi) is 3.79. The first-order valence-electron chi connectivity index (χ1n) is 6.05. The quantitative estimate of drug-likeness (QED) is 0.677. The van der Waals surface area contributed by atoms with E-state index in [0.717, 1.165) is 0 Å². The van der Waals surface area contributed by atoms with E-state index in [1.165, 1.54) is 6.92 Å². The highest BCUT2D eigenvalue weighted by Gasteiger charge is 2.24. The standard InChI is InChI=1S/C13H14N4O3/c1-3-20-10-7-5-4-6-9(10)11-12(17(18)19)8(2)15-13(14)16-11/h4-7H,3H2,1-2H3,(H2,14,15,16). The van der Waals surface area contributed by atoms with Crippen molar-refractivity contribution in [3.05, 3.63) is 40.1 Å². The second-order valence-electron chi connectivity index (χ2n) is 4.05. The first kappa shape index (κ1) is 13.7. The van der Waals surface area contributed by atoms with Crippen molar-refractivity contribution < 1.29 is 9.66 Å². The van der Waals surface area contributed by atoms with Crippen LogP contribution < -0.4 is 10.5 Å². The summed E-state index contributed by atoms with van der Waals surface area (Å²) in [6.45, 7) is 3.82. The van der Waals surface area contributed by atoms with E-state index in [4.69, 9.17) is 10.5 Å². The van der Waals surface area contributed by atoms with Gasteiger partial charge in [-0.25, -0.2) is 9.97 Å². The lowest BCUT2D eigenvalue weighted by Crippen LogP contribution is -2.05. The van der Waals surface area contributed by atoms with Crippen LogP contribution in [0.1, 0.15) is 12.6 Å². The van der Waals surface area contributed by atoms with E-state index in [-0.39, 0.29) is 23.0 Å². The van der Waals surface area contributed by atoms with Crippen molar-refractivity contribution in [3.63, 3.8) is 0 Å². The zero-order chi connectivity index (χ0) is 14.7. The lowest BCUT2D eigenvalue weighted by Gasteiger charge is -2.10. The molecule has 7 heteroatoms. The molecular formula is C13H14N4O3. The largest absolute Gasteiger partial charge is 0.493 e. The zero-order valence-electron chi connectivity index (χ0n) is 11.2. The first-order valence-corrected chi connectivity index (χ1v) is 6.05. The van der Waals surface area contributed by atoms with Crippen LogP contribution in [0.2, 0.25) is 0 Å². The van der Waals surface area contributed by atoms with Crippen molar-refractivity contribution in [2.75, 3.05) is 12.3 Å². The number of nitrogen functional groups attached to an aromatic ring is 1. The molecule has 0 saturated carbocycles. The van der Waals surface area contributed by atoms with Gasteiger partial charge in [-0.2, -0.15) is 0 Å². The Bertz CT molecular complexity index is 658. The minimum absolute atomic E-state index is 0.00518. The highest BCUT2D eigenvalue weighted by molar-refractivity contribution is 5.76. The number of ether oxygens (including phenoxy) is 1. The minimum Gasteiger partial charge on any atom is -0.493 e. The Morgan fingerprint density at radius 1 is 1.35 bits per heavy atom. The molecule has 0 unspecified atom stereocenters. The van der Waals surface area contributed by atoms with Crippen LogP contribution in [-0.4, -0.2) is 21.5 Å². The van der Waals surface area contributed by atoms with Gasteiger partial charge in [-0.3, -0.25) is 10.1 Å². The molecule has 7 nitrogen and oxygen atoms in total. The van der Waals surface area contributed by atoms with Gasteiger partial charge in [-0.15, -0.1) is 0 Å². The van der Waals surface area contributed by atoms with Crippen LogP contribution in [0, 0.1) is 17.0 Å². The van der Waals surface area contributed by atoms with E-state index in [1.807, 2.05) is 6.92 Å². The molecule has 1 heterocycles. The van der Waals surface area contributed by atoms with Crippen LogP contribution in [0.4, 0.5) is 11.6 Å². The van der Waals surface area contributed by atoms with E-state index in [0.29, 0.717) is 17.9 Å². The number of anilines is 1. The maximum atomic E-state index is 11.2. The molecule has 0 atom stereocenters. The summed E-state index contributed by atoms with van der Waals surface area (Å²) in [4.78, 5) is 18.6. The van der Waals surface area contributed by atoms with Gasteiger partial charge in [0.2, 0.25) is 5.95 Å². The Balaban J connectivity index is 2.72. The molecule has 2 aromatic rings. The van der Waals surface area contributed by atoms with E-state index in [2.05, 4.69) is 9.97 Å². The third kappa shape index (κ3) is 2.51. The van der Waals surface area contributed by atoms with Crippen LogP contribution >= 0.6 is 0 Å². The molecule has 20 heavy (non-hydrogen) atoms. The summed E-state index contributed by atoms with van der Waals surface area (Å²) < 4.78 is 5.48. The molecule has 0 aliphatic rings. The summed E-state index contributed by atoms with van der Waals surface area (Å²) in [5, 5.41) is 11.2. The maximum Gasteiger partial charge on any atom is 0.316 e. The maximum absolute atomic E-state index is 11.2. The van der Waals surface area contributed by atoms with E-state index in [1.54, 1.807) is 24.3 Å². The number of nitrogens with two attached hydrogens (primary N) is 1. The predicted octanol–water partition coefficient (Wildman–Crippen LogP) is 2.34. The number of para-hydroxylation sites is 1. The van der Waals surface area contributed by atoms with Crippen molar-refractivity contribution in [3.8, 4) is 17.0 Å². The van der Waals surface area contributed by atoms with E-state index < -0.39 is 4.92 Å². The fourth-order valence-electron chi connectivity index (χ4n) is 1.94. The third-order valence-electron chi connectivity index (χ3n) is 2.70. The van der Waals surface area contributed by atoms with Crippen LogP contribution in [0.15, 0.2) is 24.3 Å². The van der Waals surface area contributed by atoms with Crippen molar-refractivity contribution >= 4 is 11.6 Å². The number of hydrogen-bond donors (Lipinski definition) is 1. The monoisotopic (exact) mass is 274 g/mol. The van der Waals surface area contributed by atoms with E-state index >= 15 is 0 Å². The minimum atomic E-state index is -0.507. The molecule has 1 aromatic carbocycles. The van der Waals surface area contributed by atoms with Gasteiger partial charge in [-0.05, 0) is 26.0 Å². The molecule has 2 rings (SSSR count). The number of aromatic nitrogens is 2. The van der Waals surface area contributed by atoms with Crippen molar-refractivity contribution in [1.82, 2.24) is 9.97 Å². The van der Waals surface area contributed by atoms with Crippen LogP contribution in [0.3, 0.4) is 0 Å². The molecule has 0 aliphatic carbocycles. The number of nitrogens with zero attached hydrogens (tertiary/aromatic N) is 3. The number of aryl methyl sites for hydroxylation is 1. The normalized spacial score (nSPS) is 10.3. The summed E-state index contributed by atoms with van der Waals surface area (Å²) in [6, 6.07) is 6.99. The van der Waals surface area contributed by atoms with Gasteiger partial charge >= 0.3 is 5.69 Å².